The third-order valence-corrected chi connectivity index (χ3v) is 6.72. The minimum absolute atomic E-state index is 0.107. The van der Waals surface area contributed by atoms with Crippen molar-refractivity contribution in [3.8, 4) is 0 Å². The first-order chi connectivity index (χ1) is 13.6. The molecule has 0 radical (unpaired) electrons. The number of benzene rings is 1. The molecule has 148 valence electrons. The molecule has 3 amide bonds. The summed E-state index contributed by atoms with van der Waals surface area (Å²) in [5, 5.41) is 9.66. The van der Waals surface area contributed by atoms with Crippen molar-refractivity contribution < 1.29 is 14.4 Å². The van der Waals surface area contributed by atoms with Crippen LogP contribution in [0.15, 0.2) is 18.2 Å². The first-order valence-corrected chi connectivity index (χ1v) is 10.4. The average Bonchev–Trinajstić information content (AvgIpc) is 3.31. The van der Waals surface area contributed by atoms with E-state index in [1.807, 2.05) is 12.1 Å². The second kappa shape index (κ2) is 6.97. The van der Waals surface area contributed by atoms with Crippen molar-refractivity contribution in [2.45, 2.75) is 63.3 Å². The summed E-state index contributed by atoms with van der Waals surface area (Å²) in [4.78, 5) is 38.2. The Morgan fingerprint density at radius 2 is 2.04 bits per heavy atom. The van der Waals surface area contributed by atoms with Gasteiger partial charge in [-0.3, -0.25) is 19.7 Å². The molecule has 4 aliphatic rings. The van der Waals surface area contributed by atoms with Gasteiger partial charge in [0.1, 0.15) is 6.04 Å². The lowest BCUT2D eigenvalue weighted by atomic mass is 10.0. The van der Waals surface area contributed by atoms with Crippen LogP contribution in [0, 0.1) is 5.92 Å². The molecule has 5 rings (SSSR count). The lowest BCUT2D eigenvalue weighted by Gasteiger charge is -2.29. The van der Waals surface area contributed by atoms with Gasteiger partial charge in [0, 0.05) is 37.2 Å². The van der Waals surface area contributed by atoms with Crippen molar-refractivity contribution >= 4 is 17.7 Å². The molecule has 2 saturated heterocycles. The molecule has 28 heavy (non-hydrogen) atoms. The van der Waals surface area contributed by atoms with Gasteiger partial charge in [0.25, 0.3) is 5.91 Å². The SMILES string of the molecule is O=C1CCC(N2Cc3c(CNC4C5CCCCNC54)cccc3C2=O)C(=O)N1. The summed E-state index contributed by atoms with van der Waals surface area (Å²) in [6.45, 7) is 2.28. The predicted octanol–water partition coefficient (Wildman–Crippen LogP) is 0.678. The lowest BCUT2D eigenvalue weighted by Crippen LogP contribution is -2.52. The van der Waals surface area contributed by atoms with Crippen LogP contribution >= 0.6 is 0 Å². The van der Waals surface area contributed by atoms with Crippen LogP contribution in [0.1, 0.15) is 53.6 Å². The van der Waals surface area contributed by atoms with Crippen LogP contribution in [0.25, 0.3) is 0 Å². The van der Waals surface area contributed by atoms with Gasteiger partial charge in [0.05, 0.1) is 0 Å². The number of carbonyl (C=O) groups excluding carboxylic acids is 3. The molecule has 0 aromatic heterocycles. The van der Waals surface area contributed by atoms with Crippen LogP contribution < -0.4 is 16.0 Å². The Bertz CT molecular complexity index is 827. The Morgan fingerprint density at radius 1 is 1.14 bits per heavy atom. The molecule has 3 heterocycles. The zero-order chi connectivity index (χ0) is 19.3. The van der Waals surface area contributed by atoms with Crippen LogP contribution in [-0.4, -0.2) is 47.3 Å². The number of fused-ring (bicyclic) bond motifs is 2. The van der Waals surface area contributed by atoms with Gasteiger partial charge in [-0.2, -0.15) is 0 Å². The second-order valence-corrected chi connectivity index (χ2v) is 8.39. The smallest absolute Gasteiger partial charge is 0.255 e. The number of carbonyl (C=O) groups is 3. The van der Waals surface area contributed by atoms with E-state index in [0.717, 1.165) is 30.1 Å². The van der Waals surface area contributed by atoms with Crippen LogP contribution in [0.5, 0.6) is 0 Å². The van der Waals surface area contributed by atoms with Crippen LogP contribution in [-0.2, 0) is 22.7 Å². The van der Waals surface area contributed by atoms with Crippen molar-refractivity contribution in [3.05, 3.63) is 34.9 Å². The van der Waals surface area contributed by atoms with E-state index >= 15 is 0 Å². The van der Waals surface area contributed by atoms with Crippen LogP contribution in [0.4, 0.5) is 0 Å². The molecule has 4 atom stereocenters. The largest absolute Gasteiger partial charge is 0.322 e. The lowest BCUT2D eigenvalue weighted by molar-refractivity contribution is -0.136. The molecule has 1 aliphatic carbocycles. The fourth-order valence-corrected chi connectivity index (χ4v) is 5.11. The molecule has 0 bridgehead atoms. The number of hydrogen-bond acceptors (Lipinski definition) is 5. The normalized spacial score (nSPS) is 31.9. The number of amides is 3. The van der Waals surface area contributed by atoms with Crippen molar-refractivity contribution in [1.29, 1.82) is 0 Å². The minimum atomic E-state index is -0.558. The monoisotopic (exact) mass is 382 g/mol. The topological polar surface area (TPSA) is 90.5 Å². The quantitative estimate of drug-likeness (QED) is 0.666. The van der Waals surface area contributed by atoms with Gasteiger partial charge in [0.15, 0.2) is 0 Å². The van der Waals surface area contributed by atoms with Gasteiger partial charge in [-0.15, -0.1) is 0 Å². The number of imide groups is 1. The van der Waals surface area contributed by atoms with E-state index < -0.39 is 6.04 Å². The van der Waals surface area contributed by atoms with E-state index in [2.05, 4.69) is 22.0 Å². The Balaban J connectivity index is 1.28. The fraction of sp³-hybridized carbons (Fsp3) is 0.571. The number of piperidine rings is 1. The van der Waals surface area contributed by atoms with E-state index in [0.29, 0.717) is 30.6 Å². The summed E-state index contributed by atoms with van der Waals surface area (Å²) in [6, 6.07) is 6.37. The Hall–Kier alpha value is -2.25. The molecule has 1 aromatic carbocycles. The average molecular weight is 382 g/mol. The standard InChI is InChI=1S/C21H26N4O3/c26-17-8-7-16(20(27)24-17)25-11-15-12(4-3-6-13(15)21(25)28)10-23-19-14-5-1-2-9-22-18(14)19/h3-4,6,14,16,18-19,22-23H,1-2,5,7-11H2,(H,24,26,27). The Morgan fingerprint density at radius 3 is 2.89 bits per heavy atom. The molecule has 3 fully saturated rings. The zero-order valence-corrected chi connectivity index (χ0v) is 15.9. The molecule has 3 N–H and O–H groups in total. The Kier molecular flexibility index (Phi) is 4.44. The summed E-state index contributed by atoms with van der Waals surface area (Å²) >= 11 is 0. The summed E-state index contributed by atoms with van der Waals surface area (Å²) in [5.74, 6) is -0.00246. The maximum atomic E-state index is 12.9. The Labute approximate surface area is 164 Å². The molecule has 1 aromatic rings. The summed E-state index contributed by atoms with van der Waals surface area (Å²) in [6.07, 6.45) is 4.52. The second-order valence-electron chi connectivity index (χ2n) is 8.39. The van der Waals surface area contributed by atoms with Gasteiger partial charge in [-0.25, -0.2) is 0 Å². The summed E-state index contributed by atoms with van der Waals surface area (Å²) < 4.78 is 0. The van der Waals surface area contributed by atoms with Gasteiger partial charge in [-0.05, 0) is 48.9 Å². The van der Waals surface area contributed by atoms with E-state index in [9.17, 15) is 14.4 Å². The van der Waals surface area contributed by atoms with E-state index in [4.69, 9.17) is 0 Å². The predicted molar refractivity (Wildman–Crippen MR) is 102 cm³/mol. The molecular weight excluding hydrogens is 356 g/mol. The first-order valence-electron chi connectivity index (χ1n) is 10.4. The fourth-order valence-electron chi connectivity index (χ4n) is 5.11. The number of nitrogens with one attached hydrogen (secondary N) is 3. The minimum Gasteiger partial charge on any atom is -0.322 e. The van der Waals surface area contributed by atoms with Crippen LogP contribution in [0.3, 0.4) is 0 Å². The maximum absolute atomic E-state index is 12.9. The highest BCUT2D eigenvalue weighted by atomic mass is 16.2. The van der Waals surface area contributed by atoms with E-state index in [1.54, 1.807) is 4.90 Å². The van der Waals surface area contributed by atoms with Crippen molar-refractivity contribution in [3.63, 3.8) is 0 Å². The van der Waals surface area contributed by atoms with Crippen molar-refractivity contribution in [2.75, 3.05) is 6.54 Å². The highest BCUT2D eigenvalue weighted by molar-refractivity contribution is 6.05. The van der Waals surface area contributed by atoms with Crippen LogP contribution in [0.2, 0.25) is 0 Å². The van der Waals surface area contributed by atoms with Gasteiger partial charge in [-0.1, -0.05) is 18.6 Å². The highest BCUT2D eigenvalue weighted by Gasteiger charge is 2.49. The van der Waals surface area contributed by atoms with E-state index in [-0.39, 0.29) is 24.1 Å². The van der Waals surface area contributed by atoms with Crippen molar-refractivity contribution in [2.24, 2.45) is 5.92 Å². The number of rotatable bonds is 4. The molecule has 4 unspecified atom stereocenters. The molecule has 0 spiro atoms. The van der Waals surface area contributed by atoms with Gasteiger partial charge < -0.3 is 15.5 Å². The van der Waals surface area contributed by atoms with Gasteiger partial charge >= 0.3 is 0 Å². The van der Waals surface area contributed by atoms with E-state index in [1.165, 1.54) is 19.3 Å². The number of hydrogen-bond donors (Lipinski definition) is 3. The highest BCUT2D eigenvalue weighted by Crippen LogP contribution is 2.38. The third-order valence-electron chi connectivity index (χ3n) is 6.72. The molecule has 1 saturated carbocycles. The zero-order valence-electron chi connectivity index (χ0n) is 15.9. The molecular formula is C21H26N4O3. The first kappa shape index (κ1) is 17.8. The van der Waals surface area contributed by atoms with Crippen molar-refractivity contribution in [1.82, 2.24) is 20.9 Å². The van der Waals surface area contributed by atoms with Gasteiger partial charge in [0.2, 0.25) is 11.8 Å². The summed E-state index contributed by atoms with van der Waals surface area (Å²) in [5.41, 5.74) is 2.83. The maximum Gasteiger partial charge on any atom is 0.255 e. The third kappa shape index (κ3) is 3.02. The molecule has 7 nitrogen and oxygen atoms in total. The number of nitrogens with zero attached hydrogens (tertiary/aromatic N) is 1. The molecule has 3 aliphatic heterocycles. The summed E-state index contributed by atoms with van der Waals surface area (Å²) in [7, 11) is 0. The molecule has 7 heteroatoms.